The summed E-state index contributed by atoms with van der Waals surface area (Å²) in [5.41, 5.74) is -0.0686. The number of anilines is 2. The number of carbonyl (C=O) groups is 1. The second-order valence-corrected chi connectivity index (χ2v) is 10.5. The molecule has 10 nitrogen and oxygen atoms in total. The summed E-state index contributed by atoms with van der Waals surface area (Å²) in [4.78, 5) is 38.3. The van der Waals surface area contributed by atoms with Crippen LogP contribution in [0.4, 0.5) is 21.0 Å². The summed E-state index contributed by atoms with van der Waals surface area (Å²) in [7, 11) is 5.91. The number of hydrogen-bond donors (Lipinski definition) is 0. The monoisotopic (exact) mass is 518 g/mol. The smallest absolute Gasteiger partial charge is 0.410 e. The molecule has 1 amide bonds. The minimum absolute atomic E-state index is 0.115. The molecule has 0 N–H and O–H groups in total. The van der Waals surface area contributed by atoms with Crippen LogP contribution in [-0.4, -0.2) is 102 Å². The van der Waals surface area contributed by atoms with E-state index in [0.29, 0.717) is 60.9 Å². The molecule has 1 saturated heterocycles. The quantitative estimate of drug-likeness (QED) is 0.372. The zero-order chi connectivity index (χ0) is 26.2. The van der Waals surface area contributed by atoms with Crippen LogP contribution in [-0.2, 0) is 4.74 Å². The molecule has 0 atom stereocenters. The lowest BCUT2D eigenvalue weighted by Gasteiger charge is -2.36. The maximum absolute atomic E-state index is 14.7. The molecule has 194 valence electrons. The van der Waals surface area contributed by atoms with Gasteiger partial charge in [-0.3, -0.25) is 0 Å². The Labute approximate surface area is 215 Å². The van der Waals surface area contributed by atoms with E-state index in [1.54, 1.807) is 11.0 Å². The lowest BCUT2D eigenvalue weighted by atomic mass is 10.2. The van der Waals surface area contributed by atoms with Gasteiger partial charge in [0, 0.05) is 57.9 Å². The highest BCUT2D eigenvalue weighted by Gasteiger charge is 2.28. The van der Waals surface area contributed by atoms with Crippen molar-refractivity contribution in [3.05, 3.63) is 23.2 Å². The molecule has 1 aliphatic rings. The van der Waals surface area contributed by atoms with Crippen molar-refractivity contribution in [1.82, 2.24) is 29.7 Å². The third-order valence-electron chi connectivity index (χ3n) is 5.85. The van der Waals surface area contributed by atoms with E-state index in [1.165, 1.54) is 6.20 Å². The molecule has 1 fully saturated rings. The normalized spacial score (nSPS) is 14.7. The van der Waals surface area contributed by atoms with Gasteiger partial charge in [0.1, 0.15) is 16.9 Å². The molecule has 0 aliphatic carbocycles. The van der Waals surface area contributed by atoms with Crippen LogP contribution in [0.25, 0.3) is 21.9 Å². The van der Waals surface area contributed by atoms with Gasteiger partial charge in [-0.2, -0.15) is 9.97 Å². The number of ether oxygens (including phenoxy) is 1. The molecule has 4 rings (SSSR count). The molecular formula is C24H32ClFN8O2. The molecule has 0 saturated carbocycles. The van der Waals surface area contributed by atoms with Gasteiger partial charge in [0.2, 0.25) is 5.95 Å². The minimum Gasteiger partial charge on any atom is -0.444 e. The second-order valence-electron chi connectivity index (χ2n) is 10.2. The van der Waals surface area contributed by atoms with Crippen molar-refractivity contribution in [3.8, 4) is 0 Å². The van der Waals surface area contributed by atoms with Gasteiger partial charge in [-0.05, 0) is 40.9 Å². The molecule has 3 aromatic rings. The van der Waals surface area contributed by atoms with Gasteiger partial charge in [-0.1, -0.05) is 11.6 Å². The summed E-state index contributed by atoms with van der Waals surface area (Å²) >= 11 is 5.90. The highest BCUT2D eigenvalue weighted by atomic mass is 35.5. The Balaban J connectivity index is 1.71. The van der Waals surface area contributed by atoms with E-state index in [4.69, 9.17) is 21.3 Å². The van der Waals surface area contributed by atoms with Crippen LogP contribution in [0.2, 0.25) is 5.15 Å². The van der Waals surface area contributed by atoms with Crippen molar-refractivity contribution in [2.45, 2.75) is 26.4 Å². The molecule has 0 radical (unpaired) electrons. The predicted molar refractivity (Wildman–Crippen MR) is 139 cm³/mol. The second kappa shape index (κ2) is 10.1. The minimum atomic E-state index is -0.676. The van der Waals surface area contributed by atoms with Crippen LogP contribution in [0.15, 0.2) is 12.3 Å². The highest BCUT2D eigenvalue weighted by molar-refractivity contribution is 6.30. The summed E-state index contributed by atoms with van der Waals surface area (Å²) in [6.07, 6.45) is 1.17. The standard InChI is InChI=1S/C24H32ClFN8O2/c1-24(2,3)36-23(35)34-11-9-33(10-12-34)21-16-13-15-14-27-19(25)17(26)18(15)28-20(16)29-22(30-21)32(6)8-7-31(4)5/h13-14H,7-12H2,1-6H3. The number of likely N-dealkylation sites (N-methyl/N-ethyl adjacent to an activating group) is 2. The molecule has 36 heavy (non-hydrogen) atoms. The lowest BCUT2D eigenvalue weighted by Crippen LogP contribution is -2.50. The fraction of sp³-hybridized carbons (Fsp3) is 0.542. The number of hydrogen-bond acceptors (Lipinski definition) is 9. The predicted octanol–water partition coefficient (Wildman–Crippen LogP) is 3.42. The van der Waals surface area contributed by atoms with Crippen molar-refractivity contribution in [2.75, 3.05) is 70.2 Å². The Morgan fingerprint density at radius 2 is 1.81 bits per heavy atom. The van der Waals surface area contributed by atoms with E-state index >= 15 is 0 Å². The van der Waals surface area contributed by atoms with Gasteiger partial charge in [0.15, 0.2) is 16.6 Å². The molecule has 0 unspecified atom stereocenters. The van der Waals surface area contributed by atoms with E-state index in [0.717, 1.165) is 6.54 Å². The van der Waals surface area contributed by atoms with Crippen LogP contribution in [0, 0.1) is 5.82 Å². The number of carbonyl (C=O) groups excluding carboxylic acids is 1. The largest absolute Gasteiger partial charge is 0.444 e. The average Bonchev–Trinajstić information content (AvgIpc) is 2.82. The first-order chi connectivity index (χ1) is 16.9. The van der Waals surface area contributed by atoms with Gasteiger partial charge in [-0.15, -0.1) is 0 Å². The number of amides is 1. The molecule has 4 heterocycles. The van der Waals surface area contributed by atoms with E-state index in [1.807, 2.05) is 46.8 Å². The fourth-order valence-corrected chi connectivity index (χ4v) is 4.03. The number of rotatable bonds is 5. The van der Waals surface area contributed by atoms with Crippen molar-refractivity contribution in [1.29, 1.82) is 0 Å². The maximum Gasteiger partial charge on any atom is 0.410 e. The topological polar surface area (TPSA) is 90.8 Å². The lowest BCUT2D eigenvalue weighted by molar-refractivity contribution is 0.0240. The number of aromatic nitrogens is 4. The van der Waals surface area contributed by atoms with E-state index in [9.17, 15) is 9.18 Å². The zero-order valence-corrected chi connectivity index (χ0v) is 22.3. The first kappa shape index (κ1) is 26.0. The third kappa shape index (κ3) is 5.67. The Morgan fingerprint density at radius 3 is 2.44 bits per heavy atom. The molecule has 12 heteroatoms. The maximum atomic E-state index is 14.7. The number of pyridine rings is 2. The van der Waals surface area contributed by atoms with E-state index < -0.39 is 11.4 Å². The first-order valence-corrected chi connectivity index (χ1v) is 12.2. The Hall–Kier alpha value is -3.05. The van der Waals surface area contributed by atoms with Crippen LogP contribution in [0.5, 0.6) is 0 Å². The van der Waals surface area contributed by atoms with Crippen molar-refractivity contribution >= 4 is 51.4 Å². The van der Waals surface area contributed by atoms with Crippen LogP contribution in [0.3, 0.4) is 0 Å². The van der Waals surface area contributed by atoms with Gasteiger partial charge < -0.3 is 24.3 Å². The molecule has 1 aliphatic heterocycles. The van der Waals surface area contributed by atoms with E-state index in [2.05, 4.69) is 24.8 Å². The SMILES string of the molecule is CN(C)CCN(C)c1nc(N2CCN(C(=O)OC(C)(C)C)CC2)c2cc3cnc(Cl)c(F)c3nc2n1. The highest BCUT2D eigenvalue weighted by Crippen LogP contribution is 2.31. The molecular weight excluding hydrogens is 487 g/mol. The van der Waals surface area contributed by atoms with Crippen molar-refractivity contribution < 1.29 is 13.9 Å². The van der Waals surface area contributed by atoms with Gasteiger partial charge in [0.25, 0.3) is 0 Å². The number of fused-ring (bicyclic) bond motifs is 2. The number of halogens is 2. The first-order valence-electron chi connectivity index (χ1n) is 11.8. The summed E-state index contributed by atoms with van der Waals surface area (Å²) in [5, 5.41) is 0.960. The number of nitrogens with zero attached hydrogens (tertiary/aromatic N) is 8. The third-order valence-corrected chi connectivity index (χ3v) is 6.11. The number of piperazine rings is 1. The van der Waals surface area contributed by atoms with Crippen LogP contribution < -0.4 is 9.80 Å². The summed E-state index contributed by atoms with van der Waals surface area (Å²) < 4.78 is 20.2. The summed E-state index contributed by atoms with van der Waals surface area (Å²) in [6.45, 7) is 9.14. The van der Waals surface area contributed by atoms with Gasteiger partial charge in [-0.25, -0.2) is 19.2 Å². The van der Waals surface area contributed by atoms with Crippen LogP contribution in [0.1, 0.15) is 20.8 Å². The Bertz CT molecular complexity index is 1270. The van der Waals surface area contributed by atoms with Gasteiger partial charge in [0.05, 0.1) is 5.39 Å². The van der Waals surface area contributed by atoms with Gasteiger partial charge >= 0.3 is 6.09 Å². The summed E-state index contributed by atoms with van der Waals surface area (Å²) in [6, 6.07) is 1.79. The Kier molecular flexibility index (Phi) is 7.33. The molecule has 0 bridgehead atoms. The summed E-state index contributed by atoms with van der Waals surface area (Å²) in [5.74, 6) is 0.492. The van der Waals surface area contributed by atoms with Crippen molar-refractivity contribution in [2.24, 2.45) is 0 Å². The Morgan fingerprint density at radius 1 is 1.11 bits per heavy atom. The van der Waals surface area contributed by atoms with Crippen molar-refractivity contribution in [3.63, 3.8) is 0 Å². The molecule has 3 aromatic heterocycles. The average molecular weight is 519 g/mol. The molecule has 0 aromatic carbocycles. The zero-order valence-electron chi connectivity index (χ0n) is 21.5. The van der Waals surface area contributed by atoms with Crippen LogP contribution >= 0.6 is 11.6 Å². The molecule has 0 spiro atoms. The fourth-order valence-electron chi connectivity index (χ4n) is 3.89. The van der Waals surface area contributed by atoms with E-state index in [-0.39, 0.29) is 16.8 Å².